The molecule has 0 saturated carbocycles. The number of benzene rings is 1. The van der Waals surface area contributed by atoms with E-state index in [0.29, 0.717) is 0 Å². The van der Waals surface area contributed by atoms with Gasteiger partial charge in [0.1, 0.15) is 5.75 Å². The largest absolute Gasteiger partial charge is 0.497 e. The molecule has 0 N–H and O–H groups in total. The Bertz CT molecular complexity index is 721. The lowest BCUT2D eigenvalue weighted by Gasteiger charge is -2.12. The van der Waals surface area contributed by atoms with E-state index in [1.54, 1.807) is 48.0 Å². The zero-order valence-corrected chi connectivity index (χ0v) is 17.1. The molecule has 0 atom stereocenters. The van der Waals surface area contributed by atoms with Gasteiger partial charge in [-0.05, 0) is 52.8 Å². The molecule has 0 aliphatic carbocycles. The molecule has 25 heavy (non-hydrogen) atoms. The maximum absolute atomic E-state index is 13.0. The number of rotatable bonds is 9. The molecule has 2 nitrogen and oxygen atoms in total. The quantitative estimate of drug-likeness (QED) is 0.475. The first-order valence-electron chi connectivity index (χ1n) is 8.09. The Morgan fingerprint density at radius 2 is 1.80 bits per heavy atom. The van der Waals surface area contributed by atoms with Gasteiger partial charge < -0.3 is 4.74 Å². The summed E-state index contributed by atoms with van der Waals surface area (Å²) >= 11 is 5.07. The second-order valence-corrected chi connectivity index (χ2v) is 8.76. The van der Waals surface area contributed by atoms with Gasteiger partial charge in [0.25, 0.3) is 0 Å². The van der Waals surface area contributed by atoms with Gasteiger partial charge in [0.05, 0.1) is 11.3 Å². The molecule has 0 spiro atoms. The average Bonchev–Trinajstić information content (AvgIpc) is 3.15. The van der Waals surface area contributed by atoms with Crippen LogP contribution in [0, 0.1) is 0 Å². The average molecular weight is 391 g/mol. The molecule has 1 aromatic heterocycles. The van der Waals surface area contributed by atoms with Crippen LogP contribution in [0.3, 0.4) is 0 Å². The first-order chi connectivity index (χ1) is 12.2. The fourth-order valence-electron chi connectivity index (χ4n) is 2.19. The van der Waals surface area contributed by atoms with Crippen molar-refractivity contribution in [3.8, 4) is 5.75 Å². The van der Waals surface area contributed by atoms with Gasteiger partial charge in [0.15, 0.2) is 5.78 Å². The van der Waals surface area contributed by atoms with Gasteiger partial charge in [-0.1, -0.05) is 32.0 Å². The van der Waals surface area contributed by atoms with Gasteiger partial charge in [-0.2, -0.15) is 0 Å². The minimum atomic E-state index is 0.0375. The summed E-state index contributed by atoms with van der Waals surface area (Å²) in [6, 6.07) is 11.7. The number of methoxy groups -OCH3 is 1. The van der Waals surface area contributed by atoms with E-state index in [2.05, 4.69) is 13.8 Å². The zero-order valence-electron chi connectivity index (χ0n) is 14.7. The molecular formula is C20H22O2S3. The summed E-state index contributed by atoms with van der Waals surface area (Å²) in [5.41, 5.74) is 1.70. The Balaban J connectivity index is 2.42. The third-order valence-electron chi connectivity index (χ3n) is 3.32. The van der Waals surface area contributed by atoms with Crippen molar-refractivity contribution >= 4 is 52.3 Å². The van der Waals surface area contributed by atoms with Crippen molar-refractivity contribution in [2.24, 2.45) is 0 Å². The van der Waals surface area contributed by atoms with Crippen LogP contribution >= 0.6 is 34.9 Å². The van der Waals surface area contributed by atoms with Gasteiger partial charge in [-0.15, -0.1) is 34.9 Å². The summed E-state index contributed by atoms with van der Waals surface area (Å²) in [5, 5.41) is 2.01. The molecule has 0 radical (unpaired) electrons. The van der Waals surface area contributed by atoms with Crippen LogP contribution in [-0.4, -0.2) is 24.4 Å². The predicted molar refractivity (Wildman–Crippen MR) is 115 cm³/mol. The fraction of sp³-hybridized carbons (Fsp3) is 0.250. The van der Waals surface area contributed by atoms with Crippen molar-refractivity contribution < 1.29 is 9.53 Å². The maximum atomic E-state index is 13.0. The van der Waals surface area contributed by atoms with Crippen molar-refractivity contribution in [1.29, 1.82) is 0 Å². The highest BCUT2D eigenvalue weighted by Gasteiger charge is 2.16. The third kappa shape index (κ3) is 5.80. The van der Waals surface area contributed by atoms with Crippen LogP contribution in [0.2, 0.25) is 0 Å². The van der Waals surface area contributed by atoms with Crippen molar-refractivity contribution in [2.45, 2.75) is 13.8 Å². The van der Waals surface area contributed by atoms with Gasteiger partial charge >= 0.3 is 0 Å². The molecule has 0 aliphatic rings. The maximum Gasteiger partial charge on any atom is 0.188 e. The van der Waals surface area contributed by atoms with E-state index >= 15 is 0 Å². The number of allylic oxidation sites excluding steroid dienone is 2. The highest BCUT2D eigenvalue weighted by molar-refractivity contribution is 8.22. The molecule has 0 bridgehead atoms. The van der Waals surface area contributed by atoms with Gasteiger partial charge in [-0.25, -0.2) is 0 Å². The summed E-state index contributed by atoms with van der Waals surface area (Å²) in [6.07, 6.45) is 3.57. The molecule has 0 unspecified atom stereocenters. The molecule has 2 aromatic rings. The number of thiophene rings is 1. The smallest absolute Gasteiger partial charge is 0.188 e. The molecule has 132 valence electrons. The SMILES string of the molecule is CCSC(SCC)=C(C(=O)/C=C/c1cccs1)c1ccc(OC)cc1. The molecule has 1 aromatic carbocycles. The van der Waals surface area contributed by atoms with E-state index in [9.17, 15) is 4.79 Å². The number of carbonyl (C=O) groups is 1. The number of hydrogen-bond donors (Lipinski definition) is 0. The lowest BCUT2D eigenvalue weighted by atomic mass is 10.0. The van der Waals surface area contributed by atoms with Crippen LogP contribution in [0.25, 0.3) is 11.6 Å². The van der Waals surface area contributed by atoms with Gasteiger partial charge in [0.2, 0.25) is 0 Å². The third-order valence-corrected chi connectivity index (χ3v) is 6.38. The van der Waals surface area contributed by atoms with Crippen LogP contribution in [-0.2, 0) is 4.79 Å². The molecular weight excluding hydrogens is 368 g/mol. The second kappa shape index (κ2) is 10.5. The number of ether oxygens (including phenoxy) is 1. The summed E-state index contributed by atoms with van der Waals surface area (Å²) in [6.45, 7) is 4.22. The molecule has 5 heteroatoms. The highest BCUT2D eigenvalue weighted by atomic mass is 32.2. The molecule has 1 heterocycles. The van der Waals surface area contributed by atoms with Crippen molar-refractivity contribution in [3.05, 3.63) is 62.5 Å². The standard InChI is InChI=1S/C20H22O2S3/c1-4-23-20(24-5-2)19(15-8-10-16(22-3)11-9-15)18(21)13-12-17-7-6-14-25-17/h6-14H,4-5H2,1-3H3/b13-12+. The van der Waals surface area contributed by atoms with Crippen molar-refractivity contribution in [2.75, 3.05) is 18.6 Å². The summed E-state index contributed by atoms with van der Waals surface area (Å²) in [7, 11) is 1.64. The second-order valence-electron chi connectivity index (χ2n) is 4.97. The molecule has 0 fully saturated rings. The zero-order chi connectivity index (χ0) is 18.1. The fourth-order valence-corrected chi connectivity index (χ4v) is 5.10. The Morgan fingerprint density at radius 3 is 2.32 bits per heavy atom. The lowest BCUT2D eigenvalue weighted by Crippen LogP contribution is -2.01. The van der Waals surface area contributed by atoms with E-state index in [-0.39, 0.29) is 5.78 Å². The number of ketones is 1. The lowest BCUT2D eigenvalue weighted by molar-refractivity contribution is -0.109. The topological polar surface area (TPSA) is 26.3 Å². The van der Waals surface area contributed by atoms with E-state index in [1.807, 2.05) is 47.9 Å². The molecule has 0 amide bonds. The van der Waals surface area contributed by atoms with Crippen LogP contribution in [0.1, 0.15) is 24.3 Å². The van der Waals surface area contributed by atoms with E-state index in [0.717, 1.165) is 37.5 Å². The Hall–Kier alpha value is -1.43. The minimum absolute atomic E-state index is 0.0375. The number of hydrogen-bond acceptors (Lipinski definition) is 5. The highest BCUT2D eigenvalue weighted by Crippen LogP contribution is 2.37. The molecule has 2 rings (SSSR count). The summed E-state index contributed by atoms with van der Waals surface area (Å²) < 4.78 is 6.32. The molecule has 0 saturated heterocycles. The van der Waals surface area contributed by atoms with Crippen LogP contribution in [0.15, 0.2) is 52.1 Å². The monoisotopic (exact) mass is 390 g/mol. The van der Waals surface area contributed by atoms with E-state index in [4.69, 9.17) is 4.74 Å². The normalized spacial score (nSPS) is 10.8. The Kier molecular flexibility index (Phi) is 8.38. The Morgan fingerprint density at radius 1 is 1.12 bits per heavy atom. The first-order valence-corrected chi connectivity index (χ1v) is 10.9. The van der Waals surface area contributed by atoms with Crippen LogP contribution in [0.4, 0.5) is 0 Å². The van der Waals surface area contributed by atoms with Crippen molar-refractivity contribution in [3.63, 3.8) is 0 Å². The van der Waals surface area contributed by atoms with Gasteiger partial charge in [0, 0.05) is 10.5 Å². The number of thioether (sulfide) groups is 2. The van der Waals surface area contributed by atoms with Crippen LogP contribution < -0.4 is 4.74 Å². The van der Waals surface area contributed by atoms with E-state index in [1.165, 1.54) is 0 Å². The van der Waals surface area contributed by atoms with E-state index < -0.39 is 0 Å². The van der Waals surface area contributed by atoms with Crippen LogP contribution in [0.5, 0.6) is 5.75 Å². The Labute approximate surface area is 162 Å². The number of carbonyl (C=O) groups excluding carboxylic acids is 1. The molecule has 0 aliphatic heterocycles. The first kappa shape index (κ1) is 19.9. The van der Waals surface area contributed by atoms with Gasteiger partial charge in [-0.3, -0.25) is 4.79 Å². The summed E-state index contributed by atoms with van der Waals surface area (Å²) in [5.74, 6) is 2.70. The minimum Gasteiger partial charge on any atom is -0.497 e. The predicted octanol–water partition coefficient (Wildman–Crippen LogP) is 6.21. The summed E-state index contributed by atoms with van der Waals surface area (Å²) in [4.78, 5) is 14.1. The van der Waals surface area contributed by atoms with Crippen molar-refractivity contribution in [1.82, 2.24) is 0 Å².